The minimum absolute atomic E-state index is 0.0141. The fourth-order valence-corrected chi connectivity index (χ4v) is 9.69. The van der Waals surface area contributed by atoms with E-state index in [1.165, 1.54) is 81.0 Å². The lowest BCUT2D eigenvalue weighted by Gasteiger charge is -2.20. The molecule has 1 atom stereocenters. The fourth-order valence-electron chi connectivity index (χ4n) is 8.57. The Bertz CT molecular complexity index is 3180. The zero-order valence-electron chi connectivity index (χ0n) is 29.9. The van der Waals surface area contributed by atoms with Crippen LogP contribution in [0.25, 0.3) is 86.3 Å². The molecule has 0 fully saturated rings. The Morgan fingerprint density at radius 2 is 0.982 bits per heavy atom. The second-order valence-corrected chi connectivity index (χ2v) is 15.5. The summed E-state index contributed by atoms with van der Waals surface area (Å²) in [5.41, 5.74) is 12.8. The van der Waals surface area contributed by atoms with Crippen molar-refractivity contribution in [2.75, 3.05) is 0 Å². The summed E-state index contributed by atoms with van der Waals surface area (Å²) in [6, 6.07) is 73.0. The molecule has 1 nitrogen and oxygen atoms in total. The third-order valence-electron chi connectivity index (χ3n) is 11.2. The SMILES string of the molecule is c1ccc(-c2ccc(C(c3cccc(-c4ccc(-c5cccc6ccc7sc8ccccc8c7c56)cc4)c3)c3ccc4c(c3)oc3ccccc34)cc2)cc1. The molecule has 11 rings (SSSR count). The Balaban J connectivity index is 1.00. The van der Waals surface area contributed by atoms with Gasteiger partial charge in [0.05, 0.1) is 0 Å². The number of hydrogen-bond donors (Lipinski definition) is 0. The first-order valence-corrected chi connectivity index (χ1v) is 19.7. The second kappa shape index (κ2) is 13.0. The summed E-state index contributed by atoms with van der Waals surface area (Å²) >= 11 is 1.88. The van der Waals surface area contributed by atoms with Gasteiger partial charge in [0.25, 0.3) is 0 Å². The van der Waals surface area contributed by atoms with Gasteiger partial charge in [-0.05, 0) is 85.1 Å². The molecule has 55 heavy (non-hydrogen) atoms. The largest absolute Gasteiger partial charge is 0.456 e. The summed E-state index contributed by atoms with van der Waals surface area (Å²) < 4.78 is 9.06. The molecule has 0 saturated carbocycles. The van der Waals surface area contributed by atoms with Crippen LogP contribution in [0, 0.1) is 0 Å². The highest BCUT2D eigenvalue weighted by molar-refractivity contribution is 7.26. The average Bonchev–Trinajstić information content (AvgIpc) is 3.83. The van der Waals surface area contributed by atoms with Gasteiger partial charge >= 0.3 is 0 Å². The van der Waals surface area contributed by atoms with E-state index in [1.54, 1.807) is 0 Å². The topological polar surface area (TPSA) is 13.1 Å². The first-order chi connectivity index (χ1) is 27.2. The fraction of sp³-hybridized carbons (Fsp3) is 0.0189. The number of para-hydroxylation sites is 1. The molecule has 0 aliphatic rings. The number of benzene rings is 9. The van der Waals surface area contributed by atoms with Crippen LogP contribution < -0.4 is 0 Å². The summed E-state index contributed by atoms with van der Waals surface area (Å²) in [4.78, 5) is 0. The van der Waals surface area contributed by atoms with E-state index in [0.717, 1.165) is 21.9 Å². The van der Waals surface area contributed by atoms with Gasteiger partial charge in [-0.15, -0.1) is 11.3 Å². The molecular weight excluding hydrogens is 685 g/mol. The Hall–Kier alpha value is -6.74. The number of fused-ring (bicyclic) bond motifs is 8. The van der Waals surface area contributed by atoms with Crippen LogP contribution in [-0.2, 0) is 0 Å². The van der Waals surface area contributed by atoms with E-state index in [9.17, 15) is 0 Å². The van der Waals surface area contributed by atoms with Crippen LogP contribution in [0.3, 0.4) is 0 Å². The van der Waals surface area contributed by atoms with E-state index in [-0.39, 0.29) is 5.92 Å². The number of thiophene rings is 1. The molecule has 0 amide bonds. The predicted octanol–water partition coefficient (Wildman–Crippen LogP) is 15.3. The maximum atomic E-state index is 6.40. The first kappa shape index (κ1) is 31.8. The third kappa shape index (κ3) is 5.45. The molecule has 2 aromatic heterocycles. The molecule has 0 spiro atoms. The molecule has 9 aromatic carbocycles. The van der Waals surface area contributed by atoms with Crippen LogP contribution in [0.4, 0.5) is 0 Å². The Kier molecular flexibility index (Phi) is 7.50. The van der Waals surface area contributed by atoms with Gasteiger partial charge in [0.15, 0.2) is 0 Å². The van der Waals surface area contributed by atoms with Gasteiger partial charge in [-0.1, -0.05) is 176 Å². The van der Waals surface area contributed by atoms with E-state index in [1.807, 2.05) is 17.4 Å². The minimum Gasteiger partial charge on any atom is -0.456 e. The highest BCUT2D eigenvalue weighted by Gasteiger charge is 2.20. The maximum Gasteiger partial charge on any atom is 0.135 e. The van der Waals surface area contributed by atoms with E-state index < -0.39 is 0 Å². The molecule has 0 aliphatic carbocycles. The molecule has 0 N–H and O–H groups in total. The van der Waals surface area contributed by atoms with Crippen LogP contribution in [0.1, 0.15) is 22.6 Å². The minimum atomic E-state index is 0.0141. The molecule has 258 valence electrons. The number of hydrogen-bond acceptors (Lipinski definition) is 2. The van der Waals surface area contributed by atoms with Gasteiger partial charge < -0.3 is 4.42 Å². The van der Waals surface area contributed by atoms with Crippen LogP contribution >= 0.6 is 11.3 Å². The Morgan fingerprint density at radius 3 is 1.85 bits per heavy atom. The van der Waals surface area contributed by atoms with Gasteiger partial charge in [0, 0.05) is 36.9 Å². The quantitative estimate of drug-likeness (QED) is 0.156. The first-order valence-electron chi connectivity index (χ1n) is 18.9. The molecular formula is C53H34OS. The van der Waals surface area contributed by atoms with E-state index in [2.05, 4.69) is 194 Å². The summed E-state index contributed by atoms with van der Waals surface area (Å²) in [5, 5.41) is 7.58. The lowest BCUT2D eigenvalue weighted by atomic mass is 9.83. The lowest BCUT2D eigenvalue weighted by Crippen LogP contribution is -2.04. The van der Waals surface area contributed by atoms with E-state index in [4.69, 9.17) is 4.42 Å². The van der Waals surface area contributed by atoms with Crippen LogP contribution in [0.15, 0.2) is 205 Å². The van der Waals surface area contributed by atoms with Crippen molar-refractivity contribution in [3.05, 3.63) is 217 Å². The van der Waals surface area contributed by atoms with Crippen molar-refractivity contribution in [3.63, 3.8) is 0 Å². The average molecular weight is 719 g/mol. The zero-order chi connectivity index (χ0) is 36.3. The van der Waals surface area contributed by atoms with E-state index in [0.29, 0.717) is 0 Å². The third-order valence-corrected chi connectivity index (χ3v) is 12.4. The van der Waals surface area contributed by atoms with Crippen molar-refractivity contribution in [2.45, 2.75) is 5.92 Å². The van der Waals surface area contributed by atoms with Crippen LogP contribution in [0.2, 0.25) is 0 Å². The van der Waals surface area contributed by atoms with Gasteiger partial charge in [0.1, 0.15) is 11.2 Å². The normalized spacial score (nSPS) is 12.3. The summed E-state index contributed by atoms with van der Waals surface area (Å²) in [6.07, 6.45) is 0. The Labute approximate surface area is 323 Å². The Morgan fingerprint density at radius 1 is 0.345 bits per heavy atom. The molecule has 2 heteroatoms. The molecule has 11 aromatic rings. The highest BCUT2D eigenvalue weighted by Crippen LogP contribution is 2.43. The smallest absolute Gasteiger partial charge is 0.135 e. The molecule has 0 aliphatic heterocycles. The van der Waals surface area contributed by atoms with Crippen molar-refractivity contribution in [1.82, 2.24) is 0 Å². The lowest BCUT2D eigenvalue weighted by molar-refractivity contribution is 0.668. The van der Waals surface area contributed by atoms with Crippen molar-refractivity contribution < 1.29 is 4.42 Å². The molecule has 0 radical (unpaired) electrons. The zero-order valence-corrected chi connectivity index (χ0v) is 30.8. The number of furan rings is 1. The monoisotopic (exact) mass is 718 g/mol. The van der Waals surface area contributed by atoms with Gasteiger partial charge in [-0.2, -0.15) is 0 Å². The molecule has 0 saturated heterocycles. The summed E-state index contributed by atoms with van der Waals surface area (Å²) in [5.74, 6) is 0.0141. The predicted molar refractivity (Wildman–Crippen MR) is 234 cm³/mol. The number of rotatable bonds is 6. The van der Waals surface area contributed by atoms with Crippen LogP contribution in [0.5, 0.6) is 0 Å². The van der Waals surface area contributed by atoms with Crippen molar-refractivity contribution in [3.8, 4) is 33.4 Å². The van der Waals surface area contributed by atoms with Crippen LogP contribution in [-0.4, -0.2) is 0 Å². The second-order valence-electron chi connectivity index (χ2n) is 14.4. The molecule has 2 heterocycles. The summed E-state index contributed by atoms with van der Waals surface area (Å²) in [6.45, 7) is 0. The van der Waals surface area contributed by atoms with Gasteiger partial charge in [-0.3, -0.25) is 0 Å². The standard InChI is InChI=1S/C53H34OS/c1-2-10-34(11-3-1)35-22-26-39(27-23-35)51(42-28-30-45-44-15-4-6-18-47(44)54-48(45)33-42)41-14-8-13-40(32-41)36-20-24-37(25-21-36)43-17-9-12-38-29-31-50-53(52(38)43)46-16-5-7-19-49(46)55-50/h1-33,51H. The van der Waals surface area contributed by atoms with Crippen molar-refractivity contribution >= 4 is 64.2 Å². The van der Waals surface area contributed by atoms with Crippen molar-refractivity contribution in [1.29, 1.82) is 0 Å². The van der Waals surface area contributed by atoms with Crippen molar-refractivity contribution in [2.24, 2.45) is 0 Å². The summed E-state index contributed by atoms with van der Waals surface area (Å²) in [7, 11) is 0. The van der Waals surface area contributed by atoms with Gasteiger partial charge in [-0.25, -0.2) is 0 Å². The molecule has 1 unspecified atom stereocenters. The highest BCUT2D eigenvalue weighted by atomic mass is 32.1. The maximum absolute atomic E-state index is 6.40. The van der Waals surface area contributed by atoms with E-state index >= 15 is 0 Å². The van der Waals surface area contributed by atoms with Gasteiger partial charge in [0.2, 0.25) is 0 Å². The molecule has 0 bridgehead atoms.